The van der Waals surface area contributed by atoms with Crippen molar-refractivity contribution in [3.63, 3.8) is 0 Å². The maximum atomic E-state index is 5.31. The van der Waals surface area contributed by atoms with Gasteiger partial charge < -0.3 is 14.5 Å². The first kappa shape index (κ1) is 10.3. The van der Waals surface area contributed by atoms with Crippen molar-refractivity contribution in [2.45, 2.75) is 6.04 Å². The first-order valence-electron chi connectivity index (χ1n) is 4.67. The van der Waals surface area contributed by atoms with E-state index in [1.54, 1.807) is 31.0 Å². The summed E-state index contributed by atoms with van der Waals surface area (Å²) >= 11 is 1.68. The topological polar surface area (TPSA) is 34.4 Å². The minimum atomic E-state index is 0.138. The highest BCUT2D eigenvalue weighted by Gasteiger charge is 2.18. The van der Waals surface area contributed by atoms with Gasteiger partial charge in [0.15, 0.2) is 0 Å². The summed E-state index contributed by atoms with van der Waals surface area (Å²) in [6.45, 7) is 0. The van der Waals surface area contributed by atoms with Gasteiger partial charge in [0, 0.05) is 5.56 Å². The van der Waals surface area contributed by atoms with E-state index >= 15 is 0 Å². The van der Waals surface area contributed by atoms with Gasteiger partial charge >= 0.3 is 0 Å². The molecule has 2 rings (SSSR count). The second-order valence-corrected chi connectivity index (χ2v) is 4.08. The summed E-state index contributed by atoms with van der Waals surface area (Å²) < 4.78 is 10.4. The smallest absolute Gasteiger partial charge is 0.134 e. The third kappa shape index (κ3) is 1.91. The van der Waals surface area contributed by atoms with Gasteiger partial charge in [-0.2, -0.15) is 0 Å². The Labute approximate surface area is 92.7 Å². The highest BCUT2D eigenvalue weighted by molar-refractivity contribution is 7.10. The van der Waals surface area contributed by atoms with Crippen LogP contribution >= 0.6 is 11.3 Å². The fourth-order valence-corrected chi connectivity index (χ4v) is 2.57. The Morgan fingerprint density at radius 1 is 1.47 bits per heavy atom. The number of furan rings is 1. The first-order valence-corrected chi connectivity index (χ1v) is 5.55. The van der Waals surface area contributed by atoms with E-state index in [0.29, 0.717) is 0 Å². The molecule has 0 aromatic carbocycles. The summed E-state index contributed by atoms with van der Waals surface area (Å²) in [6, 6.07) is 4.07. The van der Waals surface area contributed by atoms with Crippen LogP contribution in [0.4, 0.5) is 0 Å². The van der Waals surface area contributed by atoms with Gasteiger partial charge in [0.1, 0.15) is 5.75 Å². The SMILES string of the molecule is CNC(c1ccoc1)c1sccc1OC. The molecule has 0 aliphatic heterocycles. The lowest BCUT2D eigenvalue weighted by Crippen LogP contribution is -2.16. The summed E-state index contributed by atoms with van der Waals surface area (Å²) in [7, 11) is 3.62. The van der Waals surface area contributed by atoms with Crippen LogP contribution in [-0.4, -0.2) is 14.2 Å². The zero-order valence-electron chi connectivity index (χ0n) is 8.69. The van der Waals surface area contributed by atoms with E-state index in [4.69, 9.17) is 9.15 Å². The van der Waals surface area contributed by atoms with Gasteiger partial charge in [0.25, 0.3) is 0 Å². The second-order valence-electron chi connectivity index (χ2n) is 3.13. The molecular formula is C11H13NO2S. The largest absolute Gasteiger partial charge is 0.496 e. The minimum Gasteiger partial charge on any atom is -0.496 e. The molecule has 0 saturated carbocycles. The van der Waals surface area contributed by atoms with Crippen LogP contribution in [0.2, 0.25) is 0 Å². The Morgan fingerprint density at radius 2 is 2.33 bits per heavy atom. The minimum absolute atomic E-state index is 0.138. The molecule has 80 valence electrons. The molecule has 0 aliphatic rings. The van der Waals surface area contributed by atoms with Crippen LogP contribution in [0.25, 0.3) is 0 Å². The molecule has 0 radical (unpaired) electrons. The molecule has 1 unspecified atom stereocenters. The first-order chi connectivity index (χ1) is 7.36. The van der Waals surface area contributed by atoms with Gasteiger partial charge in [-0.15, -0.1) is 11.3 Å². The third-order valence-corrected chi connectivity index (χ3v) is 3.27. The number of rotatable bonds is 4. The maximum absolute atomic E-state index is 5.31. The van der Waals surface area contributed by atoms with Gasteiger partial charge in [-0.3, -0.25) is 0 Å². The molecule has 4 heteroatoms. The van der Waals surface area contributed by atoms with Crippen molar-refractivity contribution in [2.24, 2.45) is 0 Å². The van der Waals surface area contributed by atoms with Crippen molar-refractivity contribution in [1.82, 2.24) is 5.32 Å². The zero-order chi connectivity index (χ0) is 10.7. The van der Waals surface area contributed by atoms with Crippen LogP contribution < -0.4 is 10.1 Å². The molecule has 1 N–H and O–H groups in total. The molecule has 0 fully saturated rings. The quantitative estimate of drug-likeness (QED) is 0.865. The van der Waals surface area contributed by atoms with E-state index in [1.807, 2.05) is 24.6 Å². The Kier molecular flexibility index (Phi) is 3.08. The van der Waals surface area contributed by atoms with Gasteiger partial charge in [0.2, 0.25) is 0 Å². The number of nitrogens with one attached hydrogen (secondary N) is 1. The molecule has 2 heterocycles. The summed E-state index contributed by atoms with van der Waals surface area (Å²) in [6.07, 6.45) is 3.43. The fraction of sp³-hybridized carbons (Fsp3) is 0.273. The second kappa shape index (κ2) is 4.51. The average molecular weight is 223 g/mol. The van der Waals surface area contributed by atoms with Crippen LogP contribution in [0.15, 0.2) is 34.5 Å². The molecule has 0 amide bonds. The zero-order valence-corrected chi connectivity index (χ0v) is 9.51. The standard InChI is InChI=1S/C11H13NO2S/c1-12-10(8-3-5-14-7-8)11-9(13-2)4-6-15-11/h3-7,10,12H,1-2H3. The predicted molar refractivity (Wildman–Crippen MR) is 60.5 cm³/mol. The summed E-state index contributed by atoms with van der Waals surface area (Å²) in [5.74, 6) is 0.917. The van der Waals surface area contributed by atoms with E-state index in [-0.39, 0.29) is 6.04 Å². The molecule has 0 aliphatic carbocycles. The van der Waals surface area contributed by atoms with Crippen LogP contribution in [0.5, 0.6) is 5.75 Å². The molecule has 0 spiro atoms. The van der Waals surface area contributed by atoms with Crippen LogP contribution in [0, 0.1) is 0 Å². The Bertz CT molecular complexity index is 408. The molecule has 3 nitrogen and oxygen atoms in total. The lowest BCUT2D eigenvalue weighted by atomic mass is 10.1. The van der Waals surface area contributed by atoms with Gasteiger partial charge in [-0.25, -0.2) is 0 Å². The summed E-state index contributed by atoms with van der Waals surface area (Å²) in [4.78, 5) is 1.17. The third-order valence-electron chi connectivity index (χ3n) is 2.30. The summed E-state index contributed by atoms with van der Waals surface area (Å²) in [5, 5.41) is 5.28. The van der Waals surface area contributed by atoms with E-state index in [0.717, 1.165) is 11.3 Å². The van der Waals surface area contributed by atoms with E-state index < -0.39 is 0 Å². The van der Waals surface area contributed by atoms with Crippen molar-refractivity contribution >= 4 is 11.3 Å². The van der Waals surface area contributed by atoms with Crippen molar-refractivity contribution < 1.29 is 9.15 Å². The summed E-state index contributed by atoms with van der Waals surface area (Å²) in [5.41, 5.74) is 1.11. The molecule has 2 aromatic heterocycles. The van der Waals surface area contributed by atoms with E-state index in [2.05, 4.69) is 5.32 Å². The highest BCUT2D eigenvalue weighted by Crippen LogP contribution is 2.34. The normalized spacial score (nSPS) is 12.7. The van der Waals surface area contributed by atoms with Gasteiger partial charge in [-0.1, -0.05) is 0 Å². The van der Waals surface area contributed by atoms with E-state index in [9.17, 15) is 0 Å². The number of ether oxygens (including phenoxy) is 1. The van der Waals surface area contributed by atoms with Crippen molar-refractivity contribution in [1.29, 1.82) is 0 Å². The van der Waals surface area contributed by atoms with Gasteiger partial charge in [-0.05, 0) is 24.6 Å². The molecule has 1 atom stereocenters. The predicted octanol–water partition coefficient (Wildman–Crippen LogP) is 2.66. The highest BCUT2D eigenvalue weighted by atomic mass is 32.1. The number of hydrogen-bond acceptors (Lipinski definition) is 4. The van der Waals surface area contributed by atoms with Crippen LogP contribution in [0.3, 0.4) is 0 Å². The monoisotopic (exact) mass is 223 g/mol. The number of hydrogen-bond donors (Lipinski definition) is 1. The van der Waals surface area contributed by atoms with Crippen LogP contribution in [0.1, 0.15) is 16.5 Å². The molecule has 0 saturated heterocycles. The molecule has 2 aromatic rings. The van der Waals surface area contributed by atoms with Crippen molar-refractivity contribution in [3.05, 3.63) is 40.5 Å². The van der Waals surface area contributed by atoms with E-state index in [1.165, 1.54) is 4.88 Å². The Balaban J connectivity index is 2.35. The lowest BCUT2D eigenvalue weighted by molar-refractivity contribution is 0.408. The fourth-order valence-electron chi connectivity index (χ4n) is 1.58. The number of thiophene rings is 1. The Morgan fingerprint density at radius 3 is 2.93 bits per heavy atom. The lowest BCUT2D eigenvalue weighted by Gasteiger charge is -2.14. The maximum Gasteiger partial charge on any atom is 0.134 e. The van der Waals surface area contributed by atoms with Crippen LogP contribution in [-0.2, 0) is 0 Å². The van der Waals surface area contributed by atoms with Crippen molar-refractivity contribution in [3.8, 4) is 5.75 Å². The van der Waals surface area contributed by atoms with Crippen molar-refractivity contribution in [2.75, 3.05) is 14.2 Å². The van der Waals surface area contributed by atoms with Gasteiger partial charge in [0.05, 0.1) is 30.6 Å². The average Bonchev–Trinajstić information content (AvgIpc) is 2.89. The molecular weight excluding hydrogens is 210 g/mol. The number of methoxy groups -OCH3 is 1. The molecule has 0 bridgehead atoms. The molecule has 15 heavy (non-hydrogen) atoms. The Hall–Kier alpha value is -1.26.